The van der Waals surface area contributed by atoms with Gasteiger partial charge in [-0.05, 0) is 16.8 Å². The van der Waals surface area contributed by atoms with Gasteiger partial charge in [-0.3, -0.25) is 0 Å². The Morgan fingerprint density at radius 3 is 2.47 bits per heavy atom. The number of rotatable bonds is 0. The maximum Gasteiger partial charge on any atom is 0.167 e. The molecule has 0 nitrogen and oxygen atoms in total. The summed E-state index contributed by atoms with van der Waals surface area (Å²) < 4.78 is 40.3. The summed E-state index contributed by atoms with van der Waals surface area (Å²) >= 11 is 0. The maximum absolute atomic E-state index is 13.7. The van der Waals surface area contributed by atoms with E-state index in [4.69, 9.17) is 0 Å². The van der Waals surface area contributed by atoms with E-state index < -0.39 is 17.5 Å². The van der Waals surface area contributed by atoms with Crippen LogP contribution in [0.5, 0.6) is 0 Å². The number of fused-ring (bicyclic) bond motifs is 3. The molecule has 0 unspecified atom stereocenters. The van der Waals surface area contributed by atoms with Crippen molar-refractivity contribution in [1.29, 1.82) is 0 Å². The van der Waals surface area contributed by atoms with Crippen LogP contribution >= 0.6 is 0 Å². The molecule has 17 heavy (non-hydrogen) atoms. The average Bonchev–Trinajstić information content (AvgIpc) is 2.34. The summed E-state index contributed by atoms with van der Waals surface area (Å²) in [6, 6.07) is 11.8. The molecule has 2 radical (unpaired) electrons. The highest BCUT2D eigenvalue weighted by Gasteiger charge is 2.12. The minimum atomic E-state index is -1.06. The highest BCUT2D eigenvalue weighted by atomic mass is 19.2. The van der Waals surface area contributed by atoms with E-state index in [1.165, 1.54) is 30.3 Å². The van der Waals surface area contributed by atoms with E-state index in [0.29, 0.717) is 10.8 Å². The Balaban J connectivity index is 2.63. The van der Waals surface area contributed by atoms with Gasteiger partial charge in [0, 0.05) is 22.9 Å². The van der Waals surface area contributed by atoms with Gasteiger partial charge in [0.2, 0.25) is 0 Å². The van der Waals surface area contributed by atoms with Crippen LogP contribution < -0.4 is 0 Å². The first-order valence-corrected chi connectivity index (χ1v) is 4.97. The van der Waals surface area contributed by atoms with Gasteiger partial charge in [0.1, 0.15) is 5.82 Å². The van der Waals surface area contributed by atoms with Gasteiger partial charge in [-0.2, -0.15) is 0 Å². The lowest BCUT2D eigenvalue weighted by Gasteiger charge is -2.05. The molecular weight excluding hydrogens is 225 g/mol. The van der Waals surface area contributed by atoms with Crippen LogP contribution in [0.3, 0.4) is 0 Å². The average molecular weight is 230 g/mol. The third-order valence-electron chi connectivity index (χ3n) is 2.74. The largest absolute Gasteiger partial charge is 0.206 e. The Kier molecular flexibility index (Phi) is 2.08. The summed E-state index contributed by atoms with van der Waals surface area (Å²) in [5.74, 6) is -2.63. The third-order valence-corrected chi connectivity index (χ3v) is 2.74. The first-order valence-electron chi connectivity index (χ1n) is 4.97. The molecule has 0 aliphatic carbocycles. The van der Waals surface area contributed by atoms with Crippen molar-refractivity contribution < 1.29 is 13.2 Å². The van der Waals surface area contributed by atoms with Gasteiger partial charge in [0.05, 0.1) is 0 Å². The van der Waals surface area contributed by atoms with E-state index in [1.54, 1.807) is 0 Å². The van der Waals surface area contributed by atoms with Crippen molar-refractivity contribution in [2.24, 2.45) is 0 Å². The maximum atomic E-state index is 13.7. The summed E-state index contributed by atoms with van der Waals surface area (Å²) in [5.41, 5.74) is 0. The van der Waals surface area contributed by atoms with Crippen molar-refractivity contribution in [2.75, 3.05) is 0 Å². The number of hydrogen-bond acceptors (Lipinski definition) is 0. The molecule has 0 aliphatic heterocycles. The van der Waals surface area contributed by atoms with Crippen molar-refractivity contribution in [2.45, 2.75) is 0 Å². The molecule has 0 spiro atoms. The van der Waals surface area contributed by atoms with E-state index in [1.807, 2.05) is 0 Å². The summed E-state index contributed by atoms with van der Waals surface area (Å²) in [6.07, 6.45) is 0. The van der Waals surface area contributed by atoms with Gasteiger partial charge < -0.3 is 0 Å². The fourth-order valence-corrected chi connectivity index (χ4v) is 1.96. The van der Waals surface area contributed by atoms with Gasteiger partial charge >= 0.3 is 0 Å². The normalized spacial score (nSPS) is 11.2. The minimum Gasteiger partial charge on any atom is -0.206 e. The Labute approximate surface area is 95.3 Å². The highest BCUT2D eigenvalue weighted by molar-refractivity contribution is 6.07. The Bertz CT molecular complexity index is 732. The molecule has 0 aromatic heterocycles. The highest BCUT2D eigenvalue weighted by Crippen LogP contribution is 2.29. The zero-order valence-electron chi connectivity index (χ0n) is 8.52. The zero-order valence-corrected chi connectivity index (χ0v) is 8.52. The quantitative estimate of drug-likeness (QED) is 0.512. The number of benzene rings is 3. The first kappa shape index (κ1) is 10.1. The molecule has 3 aromatic carbocycles. The fourth-order valence-electron chi connectivity index (χ4n) is 1.96. The van der Waals surface area contributed by atoms with Crippen LogP contribution in [0.1, 0.15) is 0 Å². The van der Waals surface area contributed by atoms with Crippen LogP contribution in [-0.4, -0.2) is 0 Å². The molecule has 0 N–H and O–H groups in total. The molecular formula is C14H5F3. The van der Waals surface area contributed by atoms with Crippen molar-refractivity contribution in [3.05, 3.63) is 59.9 Å². The van der Waals surface area contributed by atoms with E-state index >= 15 is 0 Å². The van der Waals surface area contributed by atoms with Gasteiger partial charge in [0.25, 0.3) is 0 Å². The monoisotopic (exact) mass is 230 g/mol. The lowest BCUT2D eigenvalue weighted by molar-refractivity contribution is 0.516. The lowest BCUT2D eigenvalue weighted by atomic mass is 10.0. The predicted molar refractivity (Wildman–Crippen MR) is 59.0 cm³/mol. The van der Waals surface area contributed by atoms with Crippen LogP contribution in [0.2, 0.25) is 0 Å². The molecule has 0 saturated carbocycles. The van der Waals surface area contributed by atoms with Crippen LogP contribution in [0.25, 0.3) is 21.5 Å². The van der Waals surface area contributed by atoms with Crippen LogP contribution in [0.15, 0.2) is 30.3 Å². The van der Waals surface area contributed by atoms with Gasteiger partial charge in [-0.1, -0.05) is 24.3 Å². The number of halogens is 3. The molecule has 0 atom stereocenters. The molecule has 3 aromatic rings. The SMILES string of the molecule is Fc1[c]cc2ccc3c(F)[c]ccc3c2c1F. The van der Waals surface area contributed by atoms with Gasteiger partial charge in [-0.15, -0.1) is 0 Å². The second-order valence-corrected chi connectivity index (χ2v) is 3.70. The summed E-state index contributed by atoms with van der Waals surface area (Å²) in [7, 11) is 0. The van der Waals surface area contributed by atoms with Crippen molar-refractivity contribution in [3.63, 3.8) is 0 Å². The molecule has 3 heteroatoms. The standard InChI is InChI=1S/C14H5F3/c15-11-3-1-2-10-9(11)6-4-8-5-7-12(16)14(17)13(8)10/h1-2,4-6H. The molecule has 0 fully saturated rings. The van der Waals surface area contributed by atoms with Gasteiger partial charge in [-0.25, -0.2) is 13.2 Å². The molecule has 0 bridgehead atoms. The molecule has 82 valence electrons. The van der Waals surface area contributed by atoms with Crippen LogP contribution in [0.4, 0.5) is 13.2 Å². The lowest BCUT2D eigenvalue weighted by Crippen LogP contribution is -1.89. The first-order chi connectivity index (χ1) is 8.18. The van der Waals surface area contributed by atoms with Crippen molar-refractivity contribution in [3.8, 4) is 0 Å². The molecule has 0 amide bonds. The zero-order chi connectivity index (χ0) is 12.0. The summed E-state index contributed by atoms with van der Waals surface area (Å²) in [5, 5.41) is 1.13. The molecule has 3 rings (SSSR count). The molecule has 0 aliphatic rings. The van der Waals surface area contributed by atoms with E-state index in [9.17, 15) is 13.2 Å². The number of hydrogen-bond donors (Lipinski definition) is 0. The predicted octanol–water partition coefficient (Wildman–Crippen LogP) is 4.01. The van der Waals surface area contributed by atoms with E-state index in [-0.39, 0.29) is 10.8 Å². The van der Waals surface area contributed by atoms with Gasteiger partial charge in [0.15, 0.2) is 11.6 Å². The van der Waals surface area contributed by atoms with Crippen molar-refractivity contribution in [1.82, 2.24) is 0 Å². The topological polar surface area (TPSA) is 0 Å². The van der Waals surface area contributed by atoms with Crippen LogP contribution in [-0.2, 0) is 0 Å². The Morgan fingerprint density at radius 1 is 0.824 bits per heavy atom. The Morgan fingerprint density at radius 2 is 1.65 bits per heavy atom. The summed E-state index contributed by atoms with van der Waals surface area (Å²) in [4.78, 5) is 0. The second kappa shape index (κ2) is 3.48. The van der Waals surface area contributed by atoms with E-state index in [2.05, 4.69) is 12.1 Å². The van der Waals surface area contributed by atoms with E-state index in [0.717, 1.165) is 0 Å². The molecule has 0 saturated heterocycles. The van der Waals surface area contributed by atoms with Crippen LogP contribution in [0, 0.1) is 29.6 Å². The Hall–Kier alpha value is -2.03. The summed E-state index contributed by atoms with van der Waals surface area (Å²) in [6.45, 7) is 0. The minimum absolute atomic E-state index is 0.0756. The second-order valence-electron chi connectivity index (χ2n) is 3.70. The fraction of sp³-hybridized carbons (Fsp3) is 0. The smallest absolute Gasteiger partial charge is 0.167 e. The third kappa shape index (κ3) is 1.39. The van der Waals surface area contributed by atoms with Crippen molar-refractivity contribution >= 4 is 21.5 Å². The molecule has 0 heterocycles.